The molecule has 0 spiro atoms. The van der Waals surface area contributed by atoms with E-state index >= 15 is 0 Å². The highest BCUT2D eigenvalue weighted by atomic mass is 32.1. The van der Waals surface area contributed by atoms with Crippen LogP contribution in [0.5, 0.6) is 0 Å². The molecule has 0 aliphatic rings. The number of hydrogen-bond donors (Lipinski definition) is 1. The topological polar surface area (TPSA) is 55.6 Å². The van der Waals surface area contributed by atoms with Crippen molar-refractivity contribution in [2.75, 3.05) is 11.9 Å². The molecule has 98 valence electrons. The number of nitrogens with zero attached hydrogens (tertiary/aromatic N) is 4. The highest BCUT2D eigenvalue weighted by Crippen LogP contribution is 2.26. The number of anilines is 1. The molecule has 0 atom stereocenters. The summed E-state index contributed by atoms with van der Waals surface area (Å²) in [5.41, 5.74) is 0.686. The number of aromatic nitrogens is 4. The second-order valence-corrected chi connectivity index (χ2v) is 5.20. The van der Waals surface area contributed by atoms with Crippen molar-refractivity contribution >= 4 is 26.7 Å². The number of fused-ring (bicyclic) bond motifs is 1. The summed E-state index contributed by atoms with van der Waals surface area (Å²) in [5, 5.41) is 11.8. The van der Waals surface area contributed by atoms with Crippen LogP contribution in [-0.2, 0) is 13.5 Å². The molecule has 3 aromatic rings. The standard InChI is InChI=1S/C12H12FN5S/c1-18-7-15-17-11(18)4-5-14-12-16-9-6-8(13)2-3-10(9)19-12/h2-3,6-7H,4-5H2,1H3,(H,14,16). The summed E-state index contributed by atoms with van der Waals surface area (Å²) < 4.78 is 15.9. The largest absolute Gasteiger partial charge is 0.361 e. The first kappa shape index (κ1) is 12.0. The number of thiazole rings is 1. The minimum absolute atomic E-state index is 0.261. The number of aryl methyl sites for hydroxylation is 1. The average molecular weight is 277 g/mol. The fourth-order valence-corrected chi connectivity index (χ4v) is 2.66. The molecule has 0 saturated heterocycles. The average Bonchev–Trinajstić information content (AvgIpc) is 2.95. The number of benzene rings is 1. The third-order valence-corrected chi connectivity index (χ3v) is 3.77. The molecule has 0 fully saturated rings. The molecule has 0 saturated carbocycles. The monoisotopic (exact) mass is 277 g/mol. The van der Waals surface area contributed by atoms with Crippen molar-refractivity contribution in [3.05, 3.63) is 36.2 Å². The van der Waals surface area contributed by atoms with Crippen molar-refractivity contribution in [2.45, 2.75) is 6.42 Å². The van der Waals surface area contributed by atoms with Gasteiger partial charge in [0.2, 0.25) is 0 Å². The van der Waals surface area contributed by atoms with Gasteiger partial charge in [-0.1, -0.05) is 11.3 Å². The van der Waals surface area contributed by atoms with E-state index < -0.39 is 0 Å². The first-order valence-corrected chi connectivity index (χ1v) is 6.67. The van der Waals surface area contributed by atoms with E-state index in [1.54, 1.807) is 12.4 Å². The molecule has 0 bridgehead atoms. The van der Waals surface area contributed by atoms with Crippen LogP contribution in [0, 0.1) is 5.82 Å². The number of hydrogen-bond acceptors (Lipinski definition) is 5. The summed E-state index contributed by atoms with van der Waals surface area (Å²) in [5.74, 6) is 0.656. The minimum Gasteiger partial charge on any atom is -0.361 e. The van der Waals surface area contributed by atoms with Gasteiger partial charge in [0.05, 0.1) is 10.2 Å². The Labute approximate surface area is 113 Å². The van der Waals surface area contributed by atoms with Crippen LogP contribution in [0.4, 0.5) is 9.52 Å². The molecule has 0 unspecified atom stereocenters. The fraction of sp³-hybridized carbons (Fsp3) is 0.250. The summed E-state index contributed by atoms with van der Waals surface area (Å²) in [6.45, 7) is 0.717. The molecule has 7 heteroatoms. The molecule has 19 heavy (non-hydrogen) atoms. The Morgan fingerprint density at radius 3 is 3.11 bits per heavy atom. The molecule has 0 amide bonds. The Morgan fingerprint density at radius 2 is 2.32 bits per heavy atom. The van der Waals surface area contributed by atoms with Crippen LogP contribution in [0.3, 0.4) is 0 Å². The van der Waals surface area contributed by atoms with Gasteiger partial charge in [-0.05, 0) is 12.1 Å². The zero-order valence-electron chi connectivity index (χ0n) is 10.3. The van der Waals surface area contributed by atoms with Crippen molar-refractivity contribution in [3.63, 3.8) is 0 Å². The molecule has 2 aromatic heterocycles. The van der Waals surface area contributed by atoms with Crippen molar-refractivity contribution < 1.29 is 4.39 Å². The molecule has 1 N–H and O–H groups in total. The van der Waals surface area contributed by atoms with Crippen molar-refractivity contribution in [2.24, 2.45) is 7.05 Å². The lowest BCUT2D eigenvalue weighted by atomic mass is 10.3. The Hall–Kier alpha value is -2.02. The first-order valence-electron chi connectivity index (χ1n) is 5.85. The normalized spacial score (nSPS) is 11.1. The quantitative estimate of drug-likeness (QED) is 0.794. The molecule has 5 nitrogen and oxygen atoms in total. The van der Waals surface area contributed by atoms with Crippen molar-refractivity contribution in [1.82, 2.24) is 19.7 Å². The summed E-state index contributed by atoms with van der Waals surface area (Å²) in [6.07, 6.45) is 2.44. The van der Waals surface area contributed by atoms with Gasteiger partial charge in [-0.2, -0.15) is 0 Å². The summed E-state index contributed by atoms with van der Waals surface area (Å²) in [6, 6.07) is 4.64. The van der Waals surface area contributed by atoms with Crippen LogP contribution in [0.25, 0.3) is 10.2 Å². The molecule has 3 rings (SSSR count). The zero-order chi connectivity index (χ0) is 13.2. The van der Waals surface area contributed by atoms with Gasteiger partial charge in [-0.15, -0.1) is 10.2 Å². The van der Waals surface area contributed by atoms with Gasteiger partial charge in [-0.25, -0.2) is 9.37 Å². The Morgan fingerprint density at radius 1 is 1.42 bits per heavy atom. The molecular formula is C12H12FN5S. The predicted octanol–water partition coefficient (Wildman–Crippen LogP) is 2.22. The van der Waals surface area contributed by atoms with E-state index in [4.69, 9.17) is 0 Å². The third kappa shape index (κ3) is 2.55. The van der Waals surface area contributed by atoms with Gasteiger partial charge in [0.25, 0.3) is 0 Å². The molecule has 2 heterocycles. The first-order chi connectivity index (χ1) is 9.22. The molecule has 1 aromatic carbocycles. The number of halogens is 1. The van der Waals surface area contributed by atoms with Gasteiger partial charge >= 0.3 is 0 Å². The lowest BCUT2D eigenvalue weighted by Crippen LogP contribution is -2.08. The summed E-state index contributed by atoms with van der Waals surface area (Å²) >= 11 is 1.52. The lowest BCUT2D eigenvalue weighted by molar-refractivity contribution is 0.629. The van der Waals surface area contributed by atoms with Gasteiger partial charge in [0.1, 0.15) is 18.0 Å². The summed E-state index contributed by atoms with van der Waals surface area (Å²) in [4.78, 5) is 4.34. The maximum Gasteiger partial charge on any atom is 0.183 e. The maximum atomic E-state index is 13.1. The third-order valence-electron chi connectivity index (χ3n) is 2.78. The van der Waals surface area contributed by atoms with Gasteiger partial charge in [0, 0.05) is 26.1 Å². The van der Waals surface area contributed by atoms with Gasteiger partial charge in [-0.3, -0.25) is 0 Å². The van der Waals surface area contributed by atoms with E-state index in [0.29, 0.717) is 5.52 Å². The van der Waals surface area contributed by atoms with Crippen LogP contribution < -0.4 is 5.32 Å². The van der Waals surface area contributed by atoms with Crippen LogP contribution >= 0.6 is 11.3 Å². The van der Waals surface area contributed by atoms with Crippen molar-refractivity contribution in [3.8, 4) is 0 Å². The predicted molar refractivity (Wildman–Crippen MR) is 72.8 cm³/mol. The smallest absolute Gasteiger partial charge is 0.183 e. The molecular weight excluding hydrogens is 265 g/mol. The number of nitrogens with one attached hydrogen (secondary N) is 1. The van der Waals surface area contributed by atoms with E-state index in [9.17, 15) is 4.39 Å². The fourth-order valence-electron chi connectivity index (χ4n) is 1.79. The highest BCUT2D eigenvalue weighted by Gasteiger charge is 2.05. The van der Waals surface area contributed by atoms with Crippen LogP contribution in [0.2, 0.25) is 0 Å². The van der Waals surface area contributed by atoms with Gasteiger partial charge in [0.15, 0.2) is 5.13 Å². The molecule has 0 aliphatic carbocycles. The Bertz CT molecular complexity index is 705. The lowest BCUT2D eigenvalue weighted by Gasteiger charge is -2.01. The Balaban J connectivity index is 1.67. The van der Waals surface area contributed by atoms with E-state index in [1.807, 2.05) is 11.6 Å². The SMILES string of the molecule is Cn1cnnc1CCNc1nc2cc(F)ccc2s1. The van der Waals surface area contributed by atoms with Crippen LogP contribution in [-0.4, -0.2) is 26.3 Å². The minimum atomic E-state index is -0.261. The molecule has 0 radical (unpaired) electrons. The van der Waals surface area contributed by atoms with E-state index in [0.717, 1.165) is 28.6 Å². The summed E-state index contributed by atoms with van der Waals surface area (Å²) in [7, 11) is 1.91. The van der Waals surface area contributed by atoms with Gasteiger partial charge < -0.3 is 9.88 Å². The van der Waals surface area contributed by atoms with E-state index in [2.05, 4.69) is 20.5 Å². The zero-order valence-corrected chi connectivity index (χ0v) is 11.1. The Kier molecular flexibility index (Phi) is 3.12. The second-order valence-electron chi connectivity index (χ2n) is 4.17. The maximum absolute atomic E-state index is 13.1. The number of rotatable bonds is 4. The van der Waals surface area contributed by atoms with Crippen LogP contribution in [0.15, 0.2) is 24.5 Å². The van der Waals surface area contributed by atoms with E-state index in [1.165, 1.54) is 23.5 Å². The highest BCUT2D eigenvalue weighted by molar-refractivity contribution is 7.22. The van der Waals surface area contributed by atoms with Crippen LogP contribution in [0.1, 0.15) is 5.82 Å². The van der Waals surface area contributed by atoms with E-state index in [-0.39, 0.29) is 5.82 Å². The van der Waals surface area contributed by atoms with Crippen molar-refractivity contribution in [1.29, 1.82) is 0 Å². The molecule has 0 aliphatic heterocycles. The second kappa shape index (κ2) is 4.93.